The number of aliphatic carboxylic acids is 1. The molecule has 1 aromatic rings. The molecular formula is C11H10F3NO2. The molecule has 2 unspecified atom stereocenters. The Bertz CT molecular complexity index is 445. The summed E-state index contributed by atoms with van der Waals surface area (Å²) >= 11 is 0. The van der Waals surface area contributed by atoms with Crippen LogP contribution in [0.1, 0.15) is 17.2 Å². The summed E-state index contributed by atoms with van der Waals surface area (Å²) in [5.74, 6) is -1.65. The van der Waals surface area contributed by atoms with Crippen molar-refractivity contribution in [1.82, 2.24) is 5.32 Å². The SMILES string of the molecule is O=C(O)C1CNC1c1cccc(C(F)(F)F)c1. The predicted molar refractivity (Wildman–Crippen MR) is 53.3 cm³/mol. The third-order valence-electron chi connectivity index (χ3n) is 2.85. The highest BCUT2D eigenvalue weighted by Crippen LogP contribution is 2.34. The molecule has 1 saturated heterocycles. The van der Waals surface area contributed by atoms with E-state index in [9.17, 15) is 18.0 Å². The number of benzene rings is 1. The summed E-state index contributed by atoms with van der Waals surface area (Å²) in [6.45, 7) is 0.288. The van der Waals surface area contributed by atoms with Crippen LogP contribution in [0, 0.1) is 5.92 Å². The Morgan fingerprint density at radius 1 is 1.41 bits per heavy atom. The van der Waals surface area contributed by atoms with Crippen LogP contribution in [0.25, 0.3) is 0 Å². The zero-order chi connectivity index (χ0) is 12.6. The summed E-state index contributed by atoms with van der Waals surface area (Å²) in [4.78, 5) is 10.8. The second-order valence-corrected chi connectivity index (χ2v) is 3.95. The van der Waals surface area contributed by atoms with Gasteiger partial charge in [0.15, 0.2) is 0 Å². The van der Waals surface area contributed by atoms with Crippen molar-refractivity contribution in [3.8, 4) is 0 Å². The van der Waals surface area contributed by atoms with Crippen LogP contribution in [-0.2, 0) is 11.0 Å². The highest BCUT2D eigenvalue weighted by atomic mass is 19.4. The van der Waals surface area contributed by atoms with Gasteiger partial charge in [-0.15, -0.1) is 0 Å². The molecule has 0 saturated carbocycles. The molecule has 0 aliphatic carbocycles. The van der Waals surface area contributed by atoms with E-state index < -0.39 is 29.7 Å². The zero-order valence-electron chi connectivity index (χ0n) is 8.66. The molecule has 2 N–H and O–H groups in total. The van der Waals surface area contributed by atoms with Gasteiger partial charge in [0.25, 0.3) is 0 Å². The number of nitrogens with one attached hydrogen (secondary N) is 1. The summed E-state index contributed by atoms with van der Waals surface area (Å²) < 4.78 is 37.4. The van der Waals surface area contributed by atoms with Gasteiger partial charge in [-0.25, -0.2) is 0 Å². The minimum atomic E-state index is -4.40. The fourth-order valence-electron chi connectivity index (χ4n) is 1.84. The molecule has 1 aromatic carbocycles. The van der Waals surface area contributed by atoms with Crippen molar-refractivity contribution in [1.29, 1.82) is 0 Å². The van der Waals surface area contributed by atoms with E-state index in [4.69, 9.17) is 5.11 Å². The van der Waals surface area contributed by atoms with E-state index in [1.54, 1.807) is 0 Å². The third-order valence-corrected chi connectivity index (χ3v) is 2.85. The first-order valence-corrected chi connectivity index (χ1v) is 5.03. The molecule has 2 atom stereocenters. The van der Waals surface area contributed by atoms with Gasteiger partial charge < -0.3 is 10.4 Å². The summed E-state index contributed by atoms with van der Waals surface area (Å²) in [7, 11) is 0. The number of carboxylic acids is 1. The second kappa shape index (κ2) is 4.03. The van der Waals surface area contributed by atoms with Gasteiger partial charge in [0.05, 0.1) is 11.5 Å². The van der Waals surface area contributed by atoms with E-state index in [-0.39, 0.29) is 6.54 Å². The van der Waals surface area contributed by atoms with Crippen molar-refractivity contribution in [3.05, 3.63) is 35.4 Å². The normalized spacial score (nSPS) is 24.2. The van der Waals surface area contributed by atoms with Gasteiger partial charge in [0.2, 0.25) is 0 Å². The third kappa shape index (κ3) is 2.26. The maximum Gasteiger partial charge on any atom is 0.416 e. The fourth-order valence-corrected chi connectivity index (χ4v) is 1.84. The lowest BCUT2D eigenvalue weighted by molar-refractivity contribution is -0.145. The average molecular weight is 245 g/mol. The first-order valence-electron chi connectivity index (χ1n) is 5.03. The van der Waals surface area contributed by atoms with Gasteiger partial charge in [0, 0.05) is 12.6 Å². The second-order valence-electron chi connectivity index (χ2n) is 3.95. The quantitative estimate of drug-likeness (QED) is 0.838. The summed E-state index contributed by atoms with van der Waals surface area (Å²) in [6, 6.07) is 4.22. The fraction of sp³-hybridized carbons (Fsp3) is 0.364. The summed E-state index contributed by atoms with van der Waals surface area (Å²) in [5.41, 5.74) is -0.397. The number of carbonyl (C=O) groups is 1. The van der Waals surface area contributed by atoms with Gasteiger partial charge in [-0.1, -0.05) is 12.1 Å². The summed E-state index contributed by atoms with van der Waals surface area (Å²) in [6.07, 6.45) is -4.40. The minimum absolute atomic E-state index is 0.288. The van der Waals surface area contributed by atoms with Crippen molar-refractivity contribution in [2.24, 2.45) is 5.92 Å². The maximum absolute atomic E-state index is 12.5. The van der Waals surface area contributed by atoms with Crippen molar-refractivity contribution >= 4 is 5.97 Å². The molecule has 0 spiro atoms. The number of alkyl halides is 3. The van der Waals surface area contributed by atoms with Crippen LogP contribution in [0.3, 0.4) is 0 Å². The molecule has 1 fully saturated rings. The molecule has 92 valence electrons. The Labute approximate surface area is 95.3 Å². The molecule has 2 rings (SSSR count). The maximum atomic E-state index is 12.5. The monoisotopic (exact) mass is 245 g/mol. The molecule has 1 heterocycles. The van der Waals surface area contributed by atoms with Gasteiger partial charge >= 0.3 is 12.1 Å². The van der Waals surface area contributed by atoms with Crippen LogP contribution in [0.5, 0.6) is 0 Å². The van der Waals surface area contributed by atoms with E-state index in [0.717, 1.165) is 12.1 Å². The Morgan fingerprint density at radius 3 is 2.59 bits per heavy atom. The van der Waals surface area contributed by atoms with Crippen molar-refractivity contribution < 1.29 is 23.1 Å². The molecule has 0 amide bonds. The Morgan fingerprint density at radius 2 is 2.12 bits per heavy atom. The molecule has 0 bridgehead atoms. The lowest BCUT2D eigenvalue weighted by Gasteiger charge is -2.35. The van der Waals surface area contributed by atoms with Gasteiger partial charge in [0.1, 0.15) is 0 Å². The van der Waals surface area contributed by atoms with Crippen LogP contribution in [0.4, 0.5) is 13.2 Å². The number of carboxylic acid groups (broad SMARTS) is 1. The highest BCUT2D eigenvalue weighted by molar-refractivity contribution is 5.73. The molecule has 1 aliphatic heterocycles. The van der Waals surface area contributed by atoms with Gasteiger partial charge in [-0.3, -0.25) is 4.79 Å². The summed E-state index contributed by atoms with van der Waals surface area (Å²) in [5, 5.41) is 11.7. The average Bonchev–Trinajstić information content (AvgIpc) is 2.14. The zero-order valence-corrected chi connectivity index (χ0v) is 8.66. The van der Waals surface area contributed by atoms with E-state index in [2.05, 4.69) is 5.32 Å². The smallest absolute Gasteiger partial charge is 0.416 e. The van der Waals surface area contributed by atoms with E-state index >= 15 is 0 Å². The first-order chi connectivity index (χ1) is 7.89. The number of hydrogen-bond acceptors (Lipinski definition) is 2. The van der Waals surface area contributed by atoms with Crippen LogP contribution in [0.15, 0.2) is 24.3 Å². The predicted octanol–water partition coefficient (Wildman–Crippen LogP) is 2.05. The molecule has 3 nitrogen and oxygen atoms in total. The van der Waals surface area contributed by atoms with Crippen LogP contribution < -0.4 is 5.32 Å². The van der Waals surface area contributed by atoms with E-state index in [1.807, 2.05) is 0 Å². The van der Waals surface area contributed by atoms with Gasteiger partial charge in [-0.2, -0.15) is 13.2 Å². The standard InChI is InChI=1S/C11H10F3NO2/c12-11(13,14)7-3-1-2-6(4-7)9-8(5-15-9)10(16)17/h1-4,8-9,15H,5H2,(H,16,17). The van der Waals surface area contributed by atoms with Crippen LogP contribution in [-0.4, -0.2) is 17.6 Å². The lowest BCUT2D eigenvalue weighted by Crippen LogP contribution is -2.49. The Balaban J connectivity index is 2.25. The molecule has 0 aromatic heterocycles. The largest absolute Gasteiger partial charge is 0.481 e. The number of hydrogen-bond donors (Lipinski definition) is 2. The lowest BCUT2D eigenvalue weighted by atomic mass is 9.85. The molecule has 17 heavy (non-hydrogen) atoms. The molecule has 1 aliphatic rings. The van der Waals surface area contributed by atoms with Crippen molar-refractivity contribution in [2.45, 2.75) is 12.2 Å². The van der Waals surface area contributed by atoms with E-state index in [1.165, 1.54) is 12.1 Å². The van der Waals surface area contributed by atoms with Crippen molar-refractivity contribution in [3.63, 3.8) is 0 Å². The van der Waals surface area contributed by atoms with Crippen LogP contribution in [0.2, 0.25) is 0 Å². The van der Waals surface area contributed by atoms with Gasteiger partial charge in [-0.05, 0) is 17.7 Å². The first kappa shape index (κ1) is 11.9. The molecule has 6 heteroatoms. The number of rotatable bonds is 2. The van der Waals surface area contributed by atoms with Crippen molar-refractivity contribution in [2.75, 3.05) is 6.54 Å². The van der Waals surface area contributed by atoms with Crippen LogP contribution >= 0.6 is 0 Å². The topological polar surface area (TPSA) is 49.3 Å². The number of halogens is 3. The van der Waals surface area contributed by atoms with E-state index in [0.29, 0.717) is 5.56 Å². The highest BCUT2D eigenvalue weighted by Gasteiger charge is 2.38. The Kier molecular flexibility index (Phi) is 2.82. The molecular weight excluding hydrogens is 235 g/mol. The molecule has 0 radical (unpaired) electrons. The Hall–Kier alpha value is -1.56. The minimum Gasteiger partial charge on any atom is -0.481 e.